The minimum atomic E-state index is -0.219. The zero-order chi connectivity index (χ0) is 17.9. The van der Waals surface area contributed by atoms with E-state index < -0.39 is 0 Å². The molecule has 1 aliphatic heterocycles. The molecule has 0 N–H and O–H groups in total. The number of benzene rings is 1. The van der Waals surface area contributed by atoms with Crippen LogP contribution in [0.2, 0.25) is 0 Å². The fourth-order valence-electron chi connectivity index (χ4n) is 3.37. The lowest BCUT2D eigenvalue weighted by Gasteiger charge is -2.36. The van der Waals surface area contributed by atoms with Crippen molar-refractivity contribution in [3.63, 3.8) is 0 Å². The molecule has 3 aromatic rings. The van der Waals surface area contributed by atoms with Crippen LogP contribution < -0.4 is 0 Å². The highest BCUT2D eigenvalue weighted by Gasteiger charge is 2.32. The number of carbonyl (C=O) groups is 1. The lowest BCUT2D eigenvalue weighted by atomic mass is 9.93. The summed E-state index contributed by atoms with van der Waals surface area (Å²) < 4.78 is 10.1. The van der Waals surface area contributed by atoms with Crippen LogP contribution in [0.4, 0.5) is 0 Å². The molecule has 0 bridgehead atoms. The highest BCUT2D eigenvalue weighted by molar-refractivity contribution is 5.82. The molecule has 0 aliphatic carbocycles. The molecule has 1 amide bonds. The summed E-state index contributed by atoms with van der Waals surface area (Å²) in [5.74, 6) is 0.0491. The van der Waals surface area contributed by atoms with Crippen LogP contribution in [0.25, 0.3) is 0 Å². The van der Waals surface area contributed by atoms with Gasteiger partial charge in [0.1, 0.15) is 12.5 Å². The van der Waals surface area contributed by atoms with Crippen molar-refractivity contribution in [1.29, 1.82) is 0 Å². The number of oxazole rings is 2. The Labute approximate surface area is 151 Å². The van der Waals surface area contributed by atoms with Gasteiger partial charge >= 0.3 is 0 Å². The molecular formula is C19H20N4O3. The highest BCUT2D eigenvalue weighted by Crippen LogP contribution is 2.24. The van der Waals surface area contributed by atoms with Gasteiger partial charge < -0.3 is 13.7 Å². The summed E-state index contributed by atoms with van der Waals surface area (Å²) in [6, 6.07) is 8.06. The number of hydrogen-bond acceptors (Lipinski definition) is 6. The second-order valence-electron chi connectivity index (χ2n) is 6.56. The van der Waals surface area contributed by atoms with Gasteiger partial charge in [-0.15, -0.1) is 0 Å². The summed E-state index contributed by atoms with van der Waals surface area (Å²) in [7, 11) is 1.99. The number of carbonyl (C=O) groups excluding carboxylic acids is 1. The standard InChI is InChI=1S/C19H20N4O3/c1-22-7-15-5-3-2-4-14(15)6-18(22)19(24)23(8-16-10-25-12-20-16)9-17-11-26-13-21-17/h2-5,10-13,18H,6-9H2,1H3/t18-/m0/s1. The van der Waals surface area contributed by atoms with Crippen LogP contribution in [-0.2, 0) is 30.8 Å². The number of likely N-dealkylation sites (N-methyl/N-ethyl adjacent to an activating group) is 1. The van der Waals surface area contributed by atoms with Crippen LogP contribution in [0.3, 0.4) is 0 Å². The van der Waals surface area contributed by atoms with Gasteiger partial charge in [-0.25, -0.2) is 9.97 Å². The van der Waals surface area contributed by atoms with Gasteiger partial charge in [0, 0.05) is 6.54 Å². The number of amides is 1. The number of nitrogens with zero attached hydrogens (tertiary/aromatic N) is 4. The zero-order valence-corrected chi connectivity index (χ0v) is 14.5. The summed E-state index contributed by atoms with van der Waals surface area (Å²) in [5.41, 5.74) is 3.92. The van der Waals surface area contributed by atoms with Gasteiger partial charge in [0.15, 0.2) is 12.8 Å². The minimum Gasteiger partial charge on any atom is -0.451 e. The molecular weight excluding hydrogens is 332 g/mol. The second-order valence-corrected chi connectivity index (χ2v) is 6.56. The van der Waals surface area contributed by atoms with Gasteiger partial charge in [-0.1, -0.05) is 24.3 Å². The Morgan fingerprint density at radius 2 is 1.73 bits per heavy atom. The molecule has 1 atom stereocenters. The summed E-state index contributed by atoms with van der Waals surface area (Å²) in [4.78, 5) is 25.5. The maximum absolute atomic E-state index is 13.3. The third kappa shape index (κ3) is 3.39. The molecule has 0 spiro atoms. The first-order chi connectivity index (χ1) is 12.7. The predicted octanol–water partition coefficient (Wildman–Crippen LogP) is 2.25. The molecule has 0 radical (unpaired) electrons. The smallest absolute Gasteiger partial charge is 0.240 e. The molecule has 7 heteroatoms. The van der Waals surface area contributed by atoms with Crippen molar-refractivity contribution in [2.75, 3.05) is 7.05 Å². The average molecular weight is 352 g/mol. The van der Waals surface area contributed by atoms with Crippen LogP contribution in [0.5, 0.6) is 0 Å². The maximum atomic E-state index is 13.3. The van der Waals surface area contributed by atoms with E-state index in [0.717, 1.165) is 6.54 Å². The monoisotopic (exact) mass is 352 g/mol. The lowest BCUT2D eigenvalue weighted by molar-refractivity contribution is -0.138. The maximum Gasteiger partial charge on any atom is 0.240 e. The SMILES string of the molecule is CN1Cc2ccccc2C[C@H]1C(=O)N(Cc1cocn1)Cc1cocn1. The largest absolute Gasteiger partial charge is 0.451 e. The van der Waals surface area contributed by atoms with E-state index in [1.165, 1.54) is 23.9 Å². The molecule has 0 saturated heterocycles. The Kier molecular flexibility index (Phi) is 4.53. The number of fused-ring (bicyclic) bond motifs is 1. The Morgan fingerprint density at radius 1 is 1.12 bits per heavy atom. The van der Waals surface area contributed by atoms with Crippen molar-refractivity contribution in [3.05, 3.63) is 72.1 Å². The van der Waals surface area contributed by atoms with Crippen LogP contribution in [0.1, 0.15) is 22.5 Å². The fourth-order valence-corrected chi connectivity index (χ4v) is 3.37. The Bertz CT molecular complexity index is 825. The quantitative estimate of drug-likeness (QED) is 0.701. The van der Waals surface area contributed by atoms with E-state index in [1.54, 1.807) is 17.4 Å². The summed E-state index contributed by atoms with van der Waals surface area (Å²) in [6.45, 7) is 1.50. The molecule has 0 fully saturated rings. The molecule has 0 unspecified atom stereocenters. The van der Waals surface area contributed by atoms with Gasteiger partial charge in [0.25, 0.3) is 0 Å². The molecule has 134 valence electrons. The molecule has 1 aromatic carbocycles. The van der Waals surface area contributed by atoms with Crippen molar-refractivity contribution in [2.24, 2.45) is 0 Å². The first-order valence-corrected chi connectivity index (χ1v) is 8.50. The van der Waals surface area contributed by atoms with Gasteiger partial charge in [0.05, 0.1) is 30.5 Å². The van der Waals surface area contributed by atoms with Gasteiger partial charge in [-0.05, 0) is 24.6 Å². The van der Waals surface area contributed by atoms with E-state index in [-0.39, 0.29) is 11.9 Å². The molecule has 4 rings (SSSR count). The van der Waals surface area contributed by atoms with Crippen LogP contribution in [0.15, 0.2) is 58.4 Å². The molecule has 3 heterocycles. The Balaban J connectivity index is 1.57. The highest BCUT2D eigenvalue weighted by atomic mass is 16.3. The van der Waals surface area contributed by atoms with Crippen molar-refractivity contribution < 1.29 is 13.6 Å². The molecule has 26 heavy (non-hydrogen) atoms. The predicted molar refractivity (Wildman–Crippen MR) is 92.7 cm³/mol. The fraction of sp³-hybridized carbons (Fsp3) is 0.316. The van der Waals surface area contributed by atoms with Crippen LogP contribution in [0, 0.1) is 0 Å². The molecule has 1 aliphatic rings. The van der Waals surface area contributed by atoms with Crippen molar-refractivity contribution in [3.8, 4) is 0 Å². The first-order valence-electron chi connectivity index (χ1n) is 8.50. The third-order valence-corrected chi connectivity index (χ3v) is 4.75. The molecule has 0 saturated carbocycles. The van der Waals surface area contributed by atoms with Gasteiger partial charge in [-0.3, -0.25) is 9.69 Å². The number of aromatic nitrogens is 2. The first kappa shape index (κ1) is 16.5. The van der Waals surface area contributed by atoms with E-state index in [4.69, 9.17) is 8.83 Å². The zero-order valence-electron chi connectivity index (χ0n) is 14.5. The Morgan fingerprint density at radius 3 is 2.31 bits per heavy atom. The average Bonchev–Trinajstić information content (AvgIpc) is 3.34. The van der Waals surface area contributed by atoms with Crippen LogP contribution in [-0.4, -0.2) is 38.8 Å². The van der Waals surface area contributed by atoms with Crippen molar-refractivity contribution in [1.82, 2.24) is 19.8 Å². The summed E-state index contributed by atoms with van der Waals surface area (Å²) in [5, 5.41) is 0. The molecule has 2 aromatic heterocycles. The second kappa shape index (κ2) is 7.13. The lowest BCUT2D eigenvalue weighted by Crippen LogP contribution is -2.49. The van der Waals surface area contributed by atoms with E-state index >= 15 is 0 Å². The van der Waals surface area contributed by atoms with Crippen molar-refractivity contribution in [2.45, 2.75) is 32.1 Å². The van der Waals surface area contributed by atoms with E-state index in [1.807, 2.05) is 19.2 Å². The summed E-state index contributed by atoms with van der Waals surface area (Å²) >= 11 is 0. The number of hydrogen-bond donors (Lipinski definition) is 0. The molecule has 7 nitrogen and oxygen atoms in total. The normalized spacial score (nSPS) is 17.0. The topological polar surface area (TPSA) is 75.6 Å². The van der Waals surface area contributed by atoms with Crippen molar-refractivity contribution >= 4 is 5.91 Å². The van der Waals surface area contributed by atoms with E-state index in [0.29, 0.717) is 30.9 Å². The van der Waals surface area contributed by atoms with Gasteiger partial charge in [0.2, 0.25) is 5.91 Å². The van der Waals surface area contributed by atoms with Gasteiger partial charge in [-0.2, -0.15) is 0 Å². The van der Waals surface area contributed by atoms with E-state index in [9.17, 15) is 4.79 Å². The minimum absolute atomic E-state index is 0.0491. The van der Waals surface area contributed by atoms with Crippen LogP contribution >= 0.6 is 0 Å². The Hall–Kier alpha value is -2.93. The van der Waals surface area contributed by atoms with E-state index in [2.05, 4.69) is 27.0 Å². The third-order valence-electron chi connectivity index (χ3n) is 4.75. The number of rotatable bonds is 5. The summed E-state index contributed by atoms with van der Waals surface area (Å²) in [6.07, 6.45) is 6.56.